The van der Waals surface area contributed by atoms with Crippen LogP contribution in [0.2, 0.25) is 0 Å². The molecule has 0 amide bonds. The van der Waals surface area contributed by atoms with Crippen LogP contribution in [0, 0.1) is 11.3 Å². The molecule has 0 aliphatic rings. The van der Waals surface area contributed by atoms with Gasteiger partial charge in [0.2, 0.25) is 0 Å². The van der Waals surface area contributed by atoms with Crippen LogP contribution in [0.5, 0.6) is 0 Å². The number of ether oxygens (including phenoxy) is 1. The number of hydrogen-bond donors (Lipinski definition) is 1. The molecule has 0 saturated carbocycles. The Morgan fingerprint density at radius 1 is 1.25 bits per heavy atom. The molecule has 0 radical (unpaired) electrons. The molecule has 0 unspecified atom stereocenters. The van der Waals surface area contributed by atoms with E-state index in [4.69, 9.17) is 9.84 Å². The zero-order chi connectivity index (χ0) is 9.61. The van der Waals surface area contributed by atoms with E-state index in [0.29, 0.717) is 17.9 Å². The van der Waals surface area contributed by atoms with Gasteiger partial charge in [-0.15, -0.1) is 0 Å². The van der Waals surface area contributed by atoms with Crippen LogP contribution in [0.1, 0.15) is 34.1 Å². The van der Waals surface area contributed by atoms with E-state index in [2.05, 4.69) is 27.7 Å². The summed E-state index contributed by atoms with van der Waals surface area (Å²) in [5.41, 5.74) is 0.343. The summed E-state index contributed by atoms with van der Waals surface area (Å²) in [6.45, 7) is 10.3. The van der Waals surface area contributed by atoms with Crippen molar-refractivity contribution in [3.05, 3.63) is 0 Å². The second kappa shape index (κ2) is 5.55. The first kappa shape index (κ1) is 11.9. The van der Waals surface area contributed by atoms with E-state index < -0.39 is 0 Å². The molecule has 0 rings (SSSR count). The van der Waals surface area contributed by atoms with Crippen LogP contribution in [0.15, 0.2) is 0 Å². The molecule has 0 aliphatic carbocycles. The van der Waals surface area contributed by atoms with Gasteiger partial charge in [0.15, 0.2) is 0 Å². The third kappa shape index (κ3) is 4.73. The summed E-state index contributed by atoms with van der Waals surface area (Å²) < 4.78 is 5.22. The standard InChI is InChI=1S/C10H22O2/c1-9(2)10(3,4)5-7-12-8-6-11/h9,11H,5-8H2,1-4H3. The van der Waals surface area contributed by atoms with Gasteiger partial charge in [-0.3, -0.25) is 0 Å². The van der Waals surface area contributed by atoms with Crippen molar-refractivity contribution in [1.82, 2.24) is 0 Å². The quantitative estimate of drug-likeness (QED) is 0.625. The van der Waals surface area contributed by atoms with Crippen LogP contribution in [0.3, 0.4) is 0 Å². The molecule has 2 nitrogen and oxygen atoms in total. The molecule has 2 heteroatoms. The Balaban J connectivity index is 3.47. The predicted molar refractivity (Wildman–Crippen MR) is 51.1 cm³/mol. The van der Waals surface area contributed by atoms with E-state index in [9.17, 15) is 0 Å². The van der Waals surface area contributed by atoms with Gasteiger partial charge < -0.3 is 9.84 Å². The van der Waals surface area contributed by atoms with E-state index in [1.54, 1.807) is 0 Å². The van der Waals surface area contributed by atoms with Crippen molar-refractivity contribution >= 4 is 0 Å². The molecule has 0 heterocycles. The maximum absolute atomic E-state index is 8.48. The first-order valence-electron chi connectivity index (χ1n) is 4.69. The average Bonchev–Trinajstić information content (AvgIpc) is 1.98. The maximum Gasteiger partial charge on any atom is 0.0697 e. The molecule has 0 aromatic heterocycles. The van der Waals surface area contributed by atoms with Crippen molar-refractivity contribution in [1.29, 1.82) is 0 Å². The number of rotatable bonds is 6. The van der Waals surface area contributed by atoms with Gasteiger partial charge in [0.1, 0.15) is 0 Å². The van der Waals surface area contributed by atoms with Crippen LogP contribution < -0.4 is 0 Å². The fraction of sp³-hybridized carbons (Fsp3) is 1.00. The van der Waals surface area contributed by atoms with Crippen molar-refractivity contribution in [3.8, 4) is 0 Å². The van der Waals surface area contributed by atoms with Crippen molar-refractivity contribution in [2.75, 3.05) is 19.8 Å². The molecule has 0 spiro atoms. The van der Waals surface area contributed by atoms with Crippen molar-refractivity contribution in [2.24, 2.45) is 11.3 Å². The predicted octanol–water partition coefficient (Wildman–Crippen LogP) is 2.07. The van der Waals surface area contributed by atoms with Crippen LogP contribution >= 0.6 is 0 Å². The second-order valence-corrected chi connectivity index (χ2v) is 4.23. The third-order valence-electron chi connectivity index (χ3n) is 2.69. The van der Waals surface area contributed by atoms with Gasteiger partial charge in [0, 0.05) is 6.61 Å². The Labute approximate surface area is 75.9 Å². The van der Waals surface area contributed by atoms with Gasteiger partial charge in [-0.2, -0.15) is 0 Å². The normalized spacial score (nSPS) is 12.5. The van der Waals surface area contributed by atoms with E-state index in [-0.39, 0.29) is 6.61 Å². The summed E-state index contributed by atoms with van der Waals surface area (Å²) in [6, 6.07) is 0. The first-order valence-corrected chi connectivity index (χ1v) is 4.69. The summed E-state index contributed by atoms with van der Waals surface area (Å²) in [4.78, 5) is 0. The fourth-order valence-electron chi connectivity index (χ4n) is 0.791. The summed E-state index contributed by atoms with van der Waals surface area (Å²) in [7, 11) is 0. The molecule has 12 heavy (non-hydrogen) atoms. The smallest absolute Gasteiger partial charge is 0.0697 e. The molecule has 0 bridgehead atoms. The SMILES string of the molecule is CC(C)C(C)(C)CCOCCO. The summed E-state index contributed by atoms with van der Waals surface area (Å²) in [5, 5.41) is 8.48. The maximum atomic E-state index is 8.48. The van der Waals surface area contributed by atoms with Gasteiger partial charge >= 0.3 is 0 Å². The molecule has 0 fully saturated rings. The third-order valence-corrected chi connectivity index (χ3v) is 2.69. The molecule has 0 saturated heterocycles. The minimum atomic E-state index is 0.127. The molecular weight excluding hydrogens is 152 g/mol. The van der Waals surface area contributed by atoms with E-state index in [1.807, 2.05) is 0 Å². The van der Waals surface area contributed by atoms with Gasteiger partial charge in [0.05, 0.1) is 13.2 Å². The lowest BCUT2D eigenvalue weighted by Gasteiger charge is -2.28. The van der Waals surface area contributed by atoms with Gasteiger partial charge in [-0.25, -0.2) is 0 Å². The highest BCUT2D eigenvalue weighted by Gasteiger charge is 2.21. The van der Waals surface area contributed by atoms with Crippen molar-refractivity contribution in [2.45, 2.75) is 34.1 Å². The zero-order valence-electron chi connectivity index (χ0n) is 8.76. The molecule has 1 N–H and O–H groups in total. The summed E-state index contributed by atoms with van der Waals surface area (Å²) in [6.07, 6.45) is 1.06. The largest absolute Gasteiger partial charge is 0.394 e. The summed E-state index contributed by atoms with van der Waals surface area (Å²) >= 11 is 0. The molecule has 0 atom stereocenters. The highest BCUT2D eigenvalue weighted by Crippen LogP contribution is 2.29. The Kier molecular flexibility index (Phi) is 5.51. The van der Waals surface area contributed by atoms with Crippen molar-refractivity contribution in [3.63, 3.8) is 0 Å². The number of hydrogen-bond acceptors (Lipinski definition) is 2. The van der Waals surface area contributed by atoms with Gasteiger partial charge in [-0.05, 0) is 17.8 Å². The topological polar surface area (TPSA) is 29.5 Å². The molecule has 0 aromatic carbocycles. The van der Waals surface area contributed by atoms with Gasteiger partial charge in [-0.1, -0.05) is 27.7 Å². The Bertz CT molecular complexity index is 108. The number of aliphatic hydroxyl groups is 1. The molecule has 0 aromatic rings. The van der Waals surface area contributed by atoms with Crippen LogP contribution in [-0.4, -0.2) is 24.9 Å². The van der Waals surface area contributed by atoms with Gasteiger partial charge in [0.25, 0.3) is 0 Å². The Hall–Kier alpha value is -0.0800. The van der Waals surface area contributed by atoms with E-state index in [1.165, 1.54) is 0 Å². The Morgan fingerprint density at radius 3 is 2.25 bits per heavy atom. The lowest BCUT2D eigenvalue weighted by molar-refractivity contribution is 0.0627. The van der Waals surface area contributed by atoms with Crippen LogP contribution in [0.4, 0.5) is 0 Å². The minimum absolute atomic E-state index is 0.127. The highest BCUT2D eigenvalue weighted by molar-refractivity contribution is 4.71. The monoisotopic (exact) mass is 174 g/mol. The van der Waals surface area contributed by atoms with Crippen molar-refractivity contribution < 1.29 is 9.84 Å². The first-order chi connectivity index (χ1) is 5.50. The molecule has 74 valence electrons. The second-order valence-electron chi connectivity index (χ2n) is 4.23. The molecular formula is C10H22O2. The summed E-state index contributed by atoms with van der Waals surface area (Å²) in [5.74, 6) is 0.676. The Morgan fingerprint density at radius 2 is 1.83 bits per heavy atom. The van der Waals surface area contributed by atoms with Crippen LogP contribution in [-0.2, 0) is 4.74 Å². The highest BCUT2D eigenvalue weighted by atomic mass is 16.5. The van der Waals surface area contributed by atoms with Crippen LogP contribution in [0.25, 0.3) is 0 Å². The zero-order valence-corrected chi connectivity index (χ0v) is 8.76. The lowest BCUT2D eigenvalue weighted by atomic mass is 9.79. The lowest BCUT2D eigenvalue weighted by Crippen LogP contribution is -2.21. The minimum Gasteiger partial charge on any atom is -0.394 e. The number of aliphatic hydroxyl groups excluding tert-OH is 1. The molecule has 0 aliphatic heterocycles. The average molecular weight is 174 g/mol. The van der Waals surface area contributed by atoms with E-state index in [0.717, 1.165) is 13.0 Å². The fourth-order valence-corrected chi connectivity index (χ4v) is 0.791. The van der Waals surface area contributed by atoms with E-state index >= 15 is 0 Å².